The van der Waals surface area contributed by atoms with Crippen LogP contribution in [-0.4, -0.2) is 32.6 Å². The zero-order valence-corrected chi connectivity index (χ0v) is 9.89. The summed E-state index contributed by atoms with van der Waals surface area (Å²) < 4.78 is 0. The van der Waals surface area contributed by atoms with Crippen LogP contribution >= 0.6 is 0 Å². The Kier molecular flexibility index (Phi) is 10.3. The normalized spacial score (nSPS) is 7.30. The largest absolute Gasteiger partial charge is 2.00 e. The summed E-state index contributed by atoms with van der Waals surface area (Å²) in [5.41, 5.74) is 0. The van der Waals surface area contributed by atoms with E-state index in [1.807, 2.05) is 12.1 Å². The molecule has 2 radical (unpaired) electrons. The van der Waals surface area contributed by atoms with E-state index in [1.165, 1.54) is 5.19 Å². The monoisotopic (exact) mass is 222 g/mol. The van der Waals surface area contributed by atoms with Crippen molar-refractivity contribution < 1.29 is 17.0 Å². The summed E-state index contributed by atoms with van der Waals surface area (Å²) in [4.78, 5) is 0. The van der Waals surface area contributed by atoms with Gasteiger partial charge in [0, 0.05) is 9.52 Å². The van der Waals surface area contributed by atoms with Crippen molar-refractivity contribution in [3.63, 3.8) is 0 Å². The molecule has 0 aromatic heterocycles. The molecule has 48 valence electrons. The molecule has 0 unspecified atom stereocenters. The van der Waals surface area contributed by atoms with Crippen LogP contribution in [0.15, 0.2) is 24.3 Å². The van der Waals surface area contributed by atoms with Gasteiger partial charge in [-0.05, 0) is 0 Å². The summed E-state index contributed by atoms with van der Waals surface area (Å²) in [5.74, 6) is 0. The molecule has 1 aromatic carbocycles. The minimum atomic E-state index is 0. The van der Waals surface area contributed by atoms with Gasteiger partial charge < -0.3 is 17.0 Å². The van der Waals surface area contributed by atoms with Gasteiger partial charge in [0.05, 0.1) is 0 Å². The van der Waals surface area contributed by atoms with Crippen LogP contribution < -0.4 is 22.2 Å². The van der Waals surface area contributed by atoms with Crippen LogP contribution in [0.1, 0.15) is 0 Å². The van der Waals surface area contributed by atoms with Gasteiger partial charge in [-0.1, -0.05) is 6.55 Å². The van der Waals surface area contributed by atoms with Gasteiger partial charge in [-0.2, -0.15) is 35.5 Å². The van der Waals surface area contributed by atoms with Crippen molar-refractivity contribution in [3.8, 4) is 0 Å². The molecule has 0 heterocycles. The molecule has 0 atom stereocenters. The van der Waals surface area contributed by atoms with Crippen molar-refractivity contribution >= 4 is 37.8 Å². The Morgan fingerprint density at radius 1 is 1.30 bits per heavy atom. The van der Waals surface area contributed by atoms with Gasteiger partial charge in [0.15, 0.2) is 0 Å². The first-order valence-corrected chi connectivity index (χ1v) is 4.07. The molecule has 0 amide bonds. The first-order chi connectivity index (χ1) is 3.93. The Hall–Kier alpha value is 0.683. The van der Waals surface area contributed by atoms with Crippen LogP contribution in [0.2, 0.25) is 6.55 Å². The first-order valence-electron chi connectivity index (χ1n) is 2.57. The van der Waals surface area contributed by atoms with Crippen LogP contribution in [0.5, 0.6) is 0 Å². The van der Waals surface area contributed by atoms with Crippen molar-refractivity contribution in [3.05, 3.63) is 30.3 Å². The molecule has 1 aromatic rings. The summed E-state index contributed by atoms with van der Waals surface area (Å²) in [6.07, 6.45) is 0. The van der Waals surface area contributed by atoms with Crippen molar-refractivity contribution in [2.75, 3.05) is 0 Å². The SMILES string of the molecule is C[Si]c1cc[c-]cc1.[Br-].[Mg+2]. The molecule has 10 heavy (non-hydrogen) atoms. The molecule has 0 aliphatic rings. The van der Waals surface area contributed by atoms with Crippen LogP contribution in [-0.2, 0) is 0 Å². The molecule has 0 N–H and O–H groups in total. The van der Waals surface area contributed by atoms with E-state index in [0.29, 0.717) is 0 Å². The van der Waals surface area contributed by atoms with E-state index in [1.54, 1.807) is 0 Å². The molecule has 0 aliphatic carbocycles. The maximum atomic E-state index is 2.97. The van der Waals surface area contributed by atoms with Crippen molar-refractivity contribution in [1.29, 1.82) is 0 Å². The molecule has 0 aliphatic heterocycles. The van der Waals surface area contributed by atoms with Gasteiger partial charge in [-0.3, -0.25) is 0 Å². The molecule has 0 nitrogen and oxygen atoms in total. The third-order valence-electron chi connectivity index (χ3n) is 1.01. The first kappa shape index (κ1) is 13.3. The van der Waals surface area contributed by atoms with Crippen LogP contribution in [0, 0.1) is 6.07 Å². The minimum absolute atomic E-state index is 0. The van der Waals surface area contributed by atoms with Gasteiger partial charge in [0.25, 0.3) is 0 Å². The Morgan fingerprint density at radius 2 is 1.80 bits per heavy atom. The Bertz CT molecular complexity index is 155. The zero-order chi connectivity index (χ0) is 5.82. The fraction of sp³-hybridized carbons (Fsp3) is 0.143. The predicted octanol–water partition coefficient (Wildman–Crippen LogP) is -2.51. The van der Waals surface area contributed by atoms with E-state index in [-0.39, 0.29) is 40.0 Å². The summed E-state index contributed by atoms with van der Waals surface area (Å²) in [7, 11) is 0.910. The smallest absolute Gasteiger partial charge is 1.00 e. The van der Waals surface area contributed by atoms with E-state index in [0.717, 1.165) is 9.52 Å². The van der Waals surface area contributed by atoms with Gasteiger partial charge in [-0.15, -0.1) is 0 Å². The quantitative estimate of drug-likeness (QED) is 0.364. The molecule has 0 spiro atoms. The van der Waals surface area contributed by atoms with Crippen molar-refractivity contribution in [2.24, 2.45) is 0 Å². The topological polar surface area (TPSA) is 0 Å². The van der Waals surface area contributed by atoms with Crippen LogP contribution in [0.4, 0.5) is 0 Å². The minimum Gasteiger partial charge on any atom is -1.00 e. The zero-order valence-electron chi connectivity index (χ0n) is 5.89. The summed E-state index contributed by atoms with van der Waals surface area (Å²) in [5, 5.41) is 1.41. The van der Waals surface area contributed by atoms with E-state index < -0.39 is 0 Å². The number of rotatable bonds is 1. The third kappa shape index (κ3) is 4.49. The Labute approximate surface area is 91.2 Å². The molecular formula is C7H7BrMgSi. The average molecular weight is 223 g/mol. The Balaban J connectivity index is 0. The average Bonchev–Trinajstić information content (AvgIpc) is 1.90. The number of benzene rings is 1. The molecule has 3 heteroatoms. The maximum absolute atomic E-state index is 2.97. The van der Waals surface area contributed by atoms with Crippen LogP contribution in [0.3, 0.4) is 0 Å². The van der Waals surface area contributed by atoms with Crippen molar-refractivity contribution in [1.82, 2.24) is 0 Å². The standard InChI is InChI=1S/C7H7Si.BrH.Mg/c1-8-7-5-3-2-4-6-7;;/h3-6H,1H3;1H;/q-1;;+2/p-1. The number of hydrogen-bond acceptors (Lipinski definition) is 0. The van der Waals surface area contributed by atoms with Gasteiger partial charge in [-0.25, -0.2) is 0 Å². The van der Waals surface area contributed by atoms with E-state index in [2.05, 4.69) is 24.7 Å². The van der Waals surface area contributed by atoms with E-state index in [4.69, 9.17) is 0 Å². The fourth-order valence-corrected chi connectivity index (χ4v) is 1.05. The second-order valence-electron chi connectivity index (χ2n) is 1.54. The predicted molar refractivity (Wildman–Crippen MR) is 42.3 cm³/mol. The van der Waals surface area contributed by atoms with Crippen LogP contribution in [0.25, 0.3) is 0 Å². The second kappa shape index (κ2) is 7.79. The van der Waals surface area contributed by atoms with E-state index >= 15 is 0 Å². The van der Waals surface area contributed by atoms with Gasteiger partial charge in [0.2, 0.25) is 0 Å². The molecule has 0 fully saturated rings. The fourth-order valence-electron chi connectivity index (χ4n) is 0.554. The van der Waals surface area contributed by atoms with Crippen molar-refractivity contribution in [2.45, 2.75) is 6.55 Å². The second-order valence-corrected chi connectivity index (χ2v) is 2.62. The molecule has 0 bridgehead atoms. The molecule has 0 saturated heterocycles. The third-order valence-corrected chi connectivity index (χ3v) is 1.92. The molecule has 1 rings (SSSR count). The summed E-state index contributed by atoms with van der Waals surface area (Å²) in [6, 6.07) is 11.1. The summed E-state index contributed by atoms with van der Waals surface area (Å²) in [6.45, 7) is 2.18. The number of hydrogen-bond donors (Lipinski definition) is 0. The van der Waals surface area contributed by atoms with Gasteiger partial charge in [0.1, 0.15) is 0 Å². The molecular weight excluding hydrogens is 216 g/mol. The maximum Gasteiger partial charge on any atom is 2.00 e. The van der Waals surface area contributed by atoms with E-state index in [9.17, 15) is 0 Å². The Morgan fingerprint density at radius 3 is 2.10 bits per heavy atom. The summed E-state index contributed by atoms with van der Waals surface area (Å²) >= 11 is 0. The van der Waals surface area contributed by atoms with Gasteiger partial charge >= 0.3 is 23.1 Å². The number of halogens is 1. The molecule has 0 saturated carbocycles.